The maximum Gasteiger partial charge on any atom is 0.301 e. The lowest BCUT2D eigenvalue weighted by molar-refractivity contribution is -0.182. The third-order valence-corrected chi connectivity index (χ3v) is 8.65. The van der Waals surface area contributed by atoms with Gasteiger partial charge in [-0.15, -0.1) is 0 Å². The molecule has 6 aliphatic rings. The molecule has 7 nitrogen and oxygen atoms in total. The molecule has 5 saturated carbocycles. The highest BCUT2D eigenvalue weighted by Gasteiger charge is 2.68. The summed E-state index contributed by atoms with van der Waals surface area (Å²) in [7, 11) is 0. The fourth-order valence-corrected chi connectivity index (χ4v) is 7.69. The Hall–Kier alpha value is -1.65. The smallest absolute Gasteiger partial charge is 0.301 e. The number of nitrogens with zero attached hydrogens (tertiary/aromatic N) is 2. The Morgan fingerprint density at radius 1 is 1.21 bits per heavy atom. The first-order chi connectivity index (χ1) is 13.6. The number of fused-ring (bicyclic) bond motifs is 1. The molecule has 6 rings (SSSR count). The highest BCUT2D eigenvalue weighted by atomic mass is 16.3. The molecule has 1 aliphatic heterocycles. The average molecular weight is 401 g/mol. The lowest BCUT2D eigenvalue weighted by atomic mass is 9.46. The molecule has 7 unspecified atom stereocenters. The fourth-order valence-electron chi connectivity index (χ4n) is 7.69. The zero-order chi connectivity index (χ0) is 20.8. The van der Waals surface area contributed by atoms with Crippen LogP contribution in [-0.4, -0.2) is 51.7 Å². The van der Waals surface area contributed by atoms with Gasteiger partial charge >= 0.3 is 6.17 Å². The van der Waals surface area contributed by atoms with Crippen LogP contribution in [0.2, 0.25) is 0 Å². The summed E-state index contributed by atoms with van der Waals surface area (Å²) in [4.78, 5) is 32.0. The van der Waals surface area contributed by atoms with E-state index in [2.05, 4.69) is 17.1 Å². The minimum absolute atomic E-state index is 0.0419. The van der Waals surface area contributed by atoms with Crippen molar-refractivity contribution in [3.8, 4) is 0 Å². The van der Waals surface area contributed by atoms with Gasteiger partial charge in [-0.1, -0.05) is 6.92 Å². The van der Waals surface area contributed by atoms with Crippen molar-refractivity contribution in [1.82, 2.24) is 10.2 Å². The standard InChI is InChI=1S/C22H32N4O3/c1-12(23)18(27)25-17(19(28)26-15-9-20(15,2)10-16(26)24-3)21-5-13-4-14(6-21)8-22(29,7-13)11-21/h12-17,29H,4-11,23H2,1-2H3,(H,25,27). The molecule has 7 heteroatoms. The molecule has 6 fully saturated rings. The number of likely N-dealkylation sites (tertiary alicyclic amines) is 1. The van der Waals surface area contributed by atoms with Gasteiger partial charge in [0, 0.05) is 11.5 Å². The number of hydrogen-bond donors (Lipinski definition) is 3. The summed E-state index contributed by atoms with van der Waals surface area (Å²) in [6.07, 6.45) is 6.20. The number of carbonyl (C=O) groups excluding carboxylic acids is 2. The van der Waals surface area contributed by atoms with Crippen LogP contribution in [-0.2, 0) is 9.59 Å². The van der Waals surface area contributed by atoms with Crippen molar-refractivity contribution in [1.29, 1.82) is 0 Å². The first-order valence-corrected chi connectivity index (χ1v) is 11.1. The highest BCUT2D eigenvalue weighted by Crippen LogP contribution is 2.64. The van der Waals surface area contributed by atoms with E-state index < -0.39 is 29.3 Å². The normalized spacial score (nSPS) is 48.6. The van der Waals surface area contributed by atoms with Crippen LogP contribution in [0.1, 0.15) is 65.2 Å². The Morgan fingerprint density at radius 2 is 1.86 bits per heavy atom. The monoisotopic (exact) mass is 400 g/mol. The zero-order valence-electron chi connectivity index (χ0n) is 17.4. The molecule has 0 aromatic heterocycles. The van der Waals surface area contributed by atoms with E-state index in [1.54, 1.807) is 11.8 Å². The Morgan fingerprint density at radius 3 is 2.41 bits per heavy atom. The van der Waals surface area contributed by atoms with Crippen molar-refractivity contribution in [3.63, 3.8) is 0 Å². The maximum absolute atomic E-state index is 13.9. The lowest BCUT2D eigenvalue weighted by Gasteiger charge is -2.62. The number of rotatable bonds is 4. The van der Waals surface area contributed by atoms with Crippen molar-refractivity contribution >= 4 is 11.8 Å². The van der Waals surface area contributed by atoms with Gasteiger partial charge in [-0.3, -0.25) is 19.3 Å². The Labute approximate surface area is 172 Å². The van der Waals surface area contributed by atoms with E-state index in [9.17, 15) is 14.7 Å². The molecule has 5 aliphatic carbocycles. The second-order valence-electron chi connectivity index (χ2n) is 11.2. The van der Waals surface area contributed by atoms with Crippen molar-refractivity contribution in [2.75, 3.05) is 0 Å². The predicted octanol–water partition coefficient (Wildman–Crippen LogP) is 1.41. The molecular formula is C22H32N4O3. The number of hydrogen-bond acceptors (Lipinski definition) is 4. The molecule has 4 bridgehead atoms. The Bertz CT molecular complexity index is 790. The number of nitrogens with one attached hydrogen (secondary N) is 1. The van der Waals surface area contributed by atoms with Crippen molar-refractivity contribution in [2.24, 2.45) is 28.4 Å². The van der Waals surface area contributed by atoms with Crippen LogP contribution in [0.15, 0.2) is 0 Å². The molecule has 0 aromatic carbocycles. The summed E-state index contributed by atoms with van der Waals surface area (Å²) >= 11 is 0. The van der Waals surface area contributed by atoms with Gasteiger partial charge in [0.2, 0.25) is 5.91 Å². The maximum atomic E-state index is 13.9. The third kappa shape index (κ3) is 2.83. The van der Waals surface area contributed by atoms with Crippen molar-refractivity contribution in [2.45, 2.75) is 95.1 Å². The van der Waals surface area contributed by atoms with Crippen LogP contribution in [0.5, 0.6) is 0 Å². The first-order valence-electron chi connectivity index (χ1n) is 11.1. The molecule has 0 aromatic rings. The molecular weight excluding hydrogens is 368 g/mol. The van der Waals surface area contributed by atoms with E-state index in [0.29, 0.717) is 24.7 Å². The van der Waals surface area contributed by atoms with Crippen LogP contribution < -0.4 is 11.1 Å². The van der Waals surface area contributed by atoms with Crippen LogP contribution in [0.25, 0.3) is 4.85 Å². The number of amides is 2. The molecule has 1 saturated heterocycles. The minimum atomic E-state index is -0.722. The van der Waals surface area contributed by atoms with E-state index in [4.69, 9.17) is 12.3 Å². The molecule has 1 heterocycles. The van der Waals surface area contributed by atoms with Gasteiger partial charge in [-0.05, 0) is 69.1 Å². The molecule has 29 heavy (non-hydrogen) atoms. The van der Waals surface area contributed by atoms with Gasteiger partial charge in [0.15, 0.2) is 0 Å². The van der Waals surface area contributed by atoms with E-state index >= 15 is 0 Å². The summed E-state index contributed by atoms with van der Waals surface area (Å²) in [5.41, 5.74) is 4.72. The molecule has 2 amide bonds. The number of carbonyl (C=O) groups is 2. The van der Waals surface area contributed by atoms with Gasteiger partial charge < -0.3 is 16.2 Å². The van der Waals surface area contributed by atoms with Crippen molar-refractivity contribution in [3.05, 3.63) is 11.4 Å². The van der Waals surface area contributed by atoms with Gasteiger partial charge in [0.1, 0.15) is 6.04 Å². The molecule has 7 atom stereocenters. The summed E-state index contributed by atoms with van der Waals surface area (Å²) in [6, 6.07) is -1.31. The fraction of sp³-hybridized carbons (Fsp3) is 0.864. The topological polar surface area (TPSA) is 100 Å². The van der Waals surface area contributed by atoms with Crippen molar-refractivity contribution < 1.29 is 14.7 Å². The van der Waals surface area contributed by atoms with E-state index in [1.807, 2.05) is 0 Å². The summed E-state index contributed by atoms with van der Waals surface area (Å²) in [6.45, 7) is 11.4. The van der Waals surface area contributed by atoms with Crippen LogP contribution in [0.3, 0.4) is 0 Å². The van der Waals surface area contributed by atoms with Gasteiger partial charge in [0.05, 0.1) is 18.1 Å². The zero-order valence-corrected chi connectivity index (χ0v) is 17.4. The van der Waals surface area contributed by atoms with Gasteiger partial charge in [-0.25, -0.2) is 6.57 Å². The SMILES string of the molecule is [C-]#[N+]C1CC2(C)CC2N1C(=O)C(NC(=O)C(C)N)C12CC3CC(CC(O)(C3)C1)C2. The molecule has 4 N–H and O–H groups in total. The number of nitrogens with two attached hydrogens (primary N) is 1. The molecule has 0 radical (unpaired) electrons. The largest absolute Gasteiger partial charge is 0.390 e. The van der Waals surface area contributed by atoms with E-state index in [-0.39, 0.29) is 23.3 Å². The Kier molecular flexibility index (Phi) is 3.96. The first kappa shape index (κ1) is 19.3. The third-order valence-electron chi connectivity index (χ3n) is 8.65. The van der Waals surface area contributed by atoms with Crippen LogP contribution in [0, 0.1) is 29.2 Å². The molecule has 0 spiro atoms. The lowest BCUT2D eigenvalue weighted by Crippen LogP contribution is -2.67. The van der Waals surface area contributed by atoms with E-state index in [1.165, 1.54) is 0 Å². The second-order valence-corrected chi connectivity index (χ2v) is 11.2. The second kappa shape index (κ2) is 5.95. The quantitative estimate of drug-likeness (QED) is 0.621. The Balaban J connectivity index is 1.50. The average Bonchev–Trinajstić information content (AvgIpc) is 3.17. The summed E-state index contributed by atoms with van der Waals surface area (Å²) < 4.78 is 0. The highest BCUT2D eigenvalue weighted by molar-refractivity contribution is 5.91. The summed E-state index contributed by atoms with van der Waals surface area (Å²) in [5.74, 6) is 0.357. The van der Waals surface area contributed by atoms with Crippen LogP contribution in [0.4, 0.5) is 0 Å². The van der Waals surface area contributed by atoms with E-state index in [0.717, 1.165) is 38.5 Å². The number of piperidine rings is 1. The molecule has 158 valence electrons. The summed E-state index contributed by atoms with van der Waals surface area (Å²) in [5, 5.41) is 14.2. The van der Waals surface area contributed by atoms with Crippen LogP contribution >= 0.6 is 0 Å². The minimum Gasteiger partial charge on any atom is -0.390 e. The predicted molar refractivity (Wildman–Crippen MR) is 106 cm³/mol. The number of aliphatic hydroxyl groups is 1. The van der Waals surface area contributed by atoms with Gasteiger partial charge in [-0.2, -0.15) is 0 Å². The van der Waals surface area contributed by atoms with Gasteiger partial charge in [0.25, 0.3) is 5.91 Å².